The molecule has 4 heteroatoms. The first-order chi connectivity index (χ1) is 9.67. The SMILES string of the molecule is CCSc1ccc(C(NC)c2cccc(Br)c2F)cc1. The number of rotatable bonds is 5. The zero-order valence-corrected chi connectivity index (χ0v) is 13.9. The van der Waals surface area contributed by atoms with Crippen LogP contribution in [0.2, 0.25) is 0 Å². The van der Waals surface area contributed by atoms with Crippen LogP contribution in [0, 0.1) is 5.82 Å². The van der Waals surface area contributed by atoms with Crippen LogP contribution in [-0.2, 0) is 0 Å². The largest absolute Gasteiger partial charge is 0.309 e. The molecule has 0 radical (unpaired) electrons. The first kappa shape index (κ1) is 15.5. The normalized spacial score (nSPS) is 12.4. The maximum Gasteiger partial charge on any atom is 0.142 e. The molecule has 0 bridgehead atoms. The third-order valence-electron chi connectivity index (χ3n) is 3.11. The second kappa shape index (κ2) is 7.25. The number of thioether (sulfide) groups is 1. The van der Waals surface area contributed by atoms with Crippen LogP contribution in [0.25, 0.3) is 0 Å². The summed E-state index contributed by atoms with van der Waals surface area (Å²) in [6.07, 6.45) is 0. The van der Waals surface area contributed by atoms with Crippen molar-refractivity contribution in [3.8, 4) is 0 Å². The van der Waals surface area contributed by atoms with E-state index >= 15 is 0 Å². The van der Waals surface area contributed by atoms with E-state index in [2.05, 4.69) is 52.4 Å². The van der Waals surface area contributed by atoms with Gasteiger partial charge in [-0.2, -0.15) is 0 Å². The van der Waals surface area contributed by atoms with Gasteiger partial charge in [0, 0.05) is 10.5 Å². The summed E-state index contributed by atoms with van der Waals surface area (Å²) in [6, 6.07) is 13.5. The van der Waals surface area contributed by atoms with Gasteiger partial charge in [-0.05, 0) is 52.5 Å². The Bertz CT molecular complexity index is 571. The Hall–Kier alpha value is -0.840. The van der Waals surface area contributed by atoms with Crippen LogP contribution in [0.4, 0.5) is 4.39 Å². The Morgan fingerprint density at radius 1 is 1.20 bits per heavy atom. The van der Waals surface area contributed by atoms with Crippen molar-refractivity contribution < 1.29 is 4.39 Å². The van der Waals surface area contributed by atoms with Gasteiger partial charge in [-0.25, -0.2) is 4.39 Å². The van der Waals surface area contributed by atoms with Gasteiger partial charge in [0.05, 0.1) is 10.5 Å². The molecular formula is C16H17BrFNS. The number of benzene rings is 2. The smallest absolute Gasteiger partial charge is 0.142 e. The fourth-order valence-corrected chi connectivity index (χ4v) is 3.21. The van der Waals surface area contributed by atoms with Gasteiger partial charge in [-0.15, -0.1) is 11.8 Å². The second-order valence-corrected chi connectivity index (χ2v) is 6.56. The number of hydrogen-bond acceptors (Lipinski definition) is 2. The van der Waals surface area contributed by atoms with Crippen molar-refractivity contribution >= 4 is 27.7 Å². The summed E-state index contributed by atoms with van der Waals surface area (Å²) >= 11 is 5.04. The molecule has 1 N–H and O–H groups in total. The molecule has 106 valence electrons. The highest BCUT2D eigenvalue weighted by Gasteiger charge is 2.17. The number of nitrogens with one attached hydrogen (secondary N) is 1. The van der Waals surface area contributed by atoms with Crippen molar-refractivity contribution in [3.05, 3.63) is 63.9 Å². The molecule has 0 aliphatic heterocycles. The first-order valence-corrected chi connectivity index (χ1v) is 8.29. The van der Waals surface area contributed by atoms with E-state index in [0.29, 0.717) is 10.0 Å². The van der Waals surface area contributed by atoms with E-state index in [1.54, 1.807) is 17.8 Å². The number of halogens is 2. The predicted octanol–water partition coefficient (Wildman–Crippen LogP) is 5.01. The van der Waals surface area contributed by atoms with Crippen LogP contribution in [0.1, 0.15) is 24.1 Å². The predicted molar refractivity (Wildman–Crippen MR) is 87.8 cm³/mol. The molecule has 1 nitrogen and oxygen atoms in total. The van der Waals surface area contributed by atoms with Crippen molar-refractivity contribution in [1.29, 1.82) is 0 Å². The third kappa shape index (κ3) is 3.43. The minimum atomic E-state index is -0.209. The Labute approximate surface area is 132 Å². The van der Waals surface area contributed by atoms with Gasteiger partial charge in [0.25, 0.3) is 0 Å². The van der Waals surface area contributed by atoms with Crippen molar-refractivity contribution in [2.45, 2.75) is 17.9 Å². The van der Waals surface area contributed by atoms with Gasteiger partial charge in [-0.1, -0.05) is 31.2 Å². The minimum Gasteiger partial charge on any atom is -0.309 e. The maximum atomic E-state index is 14.2. The van der Waals surface area contributed by atoms with E-state index in [0.717, 1.165) is 11.3 Å². The Morgan fingerprint density at radius 2 is 1.90 bits per heavy atom. The molecule has 20 heavy (non-hydrogen) atoms. The van der Waals surface area contributed by atoms with Gasteiger partial charge in [0.15, 0.2) is 0 Å². The Kier molecular flexibility index (Phi) is 5.64. The zero-order valence-electron chi connectivity index (χ0n) is 11.5. The Balaban J connectivity index is 2.34. The van der Waals surface area contributed by atoms with Gasteiger partial charge >= 0.3 is 0 Å². The molecule has 2 rings (SSSR count). The third-order valence-corrected chi connectivity index (χ3v) is 4.61. The molecule has 0 spiro atoms. The summed E-state index contributed by atoms with van der Waals surface area (Å²) in [5, 5.41) is 3.19. The molecule has 0 amide bonds. The highest BCUT2D eigenvalue weighted by Crippen LogP contribution is 2.29. The molecule has 0 saturated carbocycles. The van der Waals surface area contributed by atoms with Crippen LogP contribution >= 0.6 is 27.7 Å². The fraction of sp³-hybridized carbons (Fsp3) is 0.250. The average molecular weight is 354 g/mol. The lowest BCUT2D eigenvalue weighted by Gasteiger charge is -2.18. The fourth-order valence-electron chi connectivity index (χ4n) is 2.17. The molecular weight excluding hydrogens is 337 g/mol. The van der Waals surface area contributed by atoms with Crippen LogP contribution < -0.4 is 5.32 Å². The van der Waals surface area contributed by atoms with Gasteiger partial charge in [0.1, 0.15) is 5.82 Å². The standard InChI is InChI=1S/C16H17BrFNS/c1-3-20-12-9-7-11(8-10-12)16(19-2)13-5-4-6-14(17)15(13)18/h4-10,16,19H,3H2,1-2H3. The second-order valence-electron chi connectivity index (χ2n) is 4.37. The Morgan fingerprint density at radius 3 is 2.50 bits per heavy atom. The van der Waals surface area contributed by atoms with E-state index in [-0.39, 0.29) is 11.9 Å². The van der Waals surface area contributed by atoms with Crippen LogP contribution in [-0.4, -0.2) is 12.8 Å². The van der Waals surface area contributed by atoms with Gasteiger partial charge in [-0.3, -0.25) is 0 Å². The summed E-state index contributed by atoms with van der Waals surface area (Å²) in [5.74, 6) is 0.841. The quantitative estimate of drug-likeness (QED) is 0.758. The molecule has 2 aromatic rings. The van der Waals surface area contributed by atoms with E-state index in [1.807, 2.05) is 19.2 Å². The lowest BCUT2D eigenvalue weighted by atomic mass is 9.98. The van der Waals surface area contributed by atoms with Crippen LogP contribution in [0.5, 0.6) is 0 Å². The maximum absolute atomic E-state index is 14.2. The molecule has 0 saturated heterocycles. The van der Waals surface area contributed by atoms with Crippen molar-refractivity contribution in [1.82, 2.24) is 5.32 Å². The molecule has 0 aliphatic carbocycles. The highest BCUT2D eigenvalue weighted by atomic mass is 79.9. The number of hydrogen-bond donors (Lipinski definition) is 1. The molecule has 2 aromatic carbocycles. The summed E-state index contributed by atoms with van der Waals surface area (Å²) in [6.45, 7) is 2.13. The summed E-state index contributed by atoms with van der Waals surface area (Å²) < 4.78 is 14.7. The topological polar surface area (TPSA) is 12.0 Å². The minimum absolute atomic E-state index is 0.145. The van der Waals surface area contributed by atoms with Crippen LogP contribution in [0.3, 0.4) is 0 Å². The monoisotopic (exact) mass is 353 g/mol. The van der Waals surface area contributed by atoms with E-state index in [4.69, 9.17) is 0 Å². The molecule has 0 aliphatic rings. The zero-order chi connectivity index (χ0) is 14.5. The summed E-state index contributed by atoms with van der Waals surface area (Å²) in [7, 11) is 1.85. The van der Waals surface area contributed by atoms with E-state index < -0.39 is 0 Å². The van der Waals surface area contributed by atoms with E-state index in [1.165, 1.54) is 4.90 Å². The average Bonchev–Trinajstić information content (AvgIpc) is 2.46. The molecule has 1 atom stereocenters. The summed E-state index contributed by atoms with van der Waals surface area (Å²) in [4.78, 5) is 1.24. The van der Waals surface area contributed by atoms with Gasteiger partial charge < -0.3 is 5.32 Å². The van der Waals surface area contributed by atoms with E-state index in [9.17, 15) is 4.39 Å². The summed E-state index contributed by atoms with van der Waals surface area (Å²) in [5.41, 5.74) is 1.71. The lowest BCUT2D eigenvalue weighted by Crippen LogP contribution is -2.19. The van der Waals surface area contributed by atoms with Crippen molar-refractivity contribution in [2.24, 2.45) is 0 Å². The molecule has 1 unspecified atom stereocenters. The van der Waals surface area contributed by atoms with Crippen LogP contribution in [0.15, 0.2) is 51.8 Å². The van der Waals surface area contributed by atoms with Crippen molar-refractivity contribution in [3.63, 3.8) is 0 Å². The molecule has 0 fully saturated rings. The van der Waals surface area contributed by atoms with Gasteiger partial charge in [0.2, 0.25) is 0 Å². The lowest BCUT2D eigenvalue weighted by molar-refractivity contribution is 0.571. The molecule has 0 heterocycles. The highest BCUT2D eigenvalue weighted by molar-refractivity contribution is 9.10. The van der Waals surface area contributed by atoms with Crippen molar-refractivity contribution in [2.75, 3.05) is 12.8 Å². The first-order valence-electron chi connectivity index (χ1n) is 6.51. The molecule has 0 aromatic heterocycles.